The van der Waals surface area contributed by atoms with Crippen LogP contribution in [0.25, 0.3) is 0 Å². The van der Waals surface area contributed by atoms with Gasteiger partial charge in [-0.15, -0.1) is 0 Å². The van der Waals surface area contributed by atoms with Gasteiger partial charge in [-0.1, -0.05) is 30.7 Å². The number of carbonyl (C=O) groups excluding carboxylic acids is 2. The van der Waals surface area contributed by atoms with E-state index >= 15 is 0 Å². The third-order valence-electron chi connectivity index (χ3n) is 6.09. The van der Waals surface area contributed by atoms with E-state index in [1.165, 1.54) is 0 Å². The maximum absolute atomic E-state index is 13.0. The maximum atomic E-state index is 13.0. The van der Waals surface area contributed by atoms with Gasteiger partial charge in [0.25, 0.3) is 5.91 Å². The first-order chi connectivity index (χ1) is 14.3. The zero-order valence-corrected chi connectivity index (χ0v) is 18.4. The molecule has 6 nitrogen and oxygen atoms in total. The van der Waals surface area contributed by atoms with E-state index in [4.69, 9.17) is 11.6 Å². The number of hydrogen-bond donors (Lipinski definition) is 1. The molecule has 0 bridgehead atoms. The summed E-state index contributed by atoms with van der Waals surface area (Å²) in [6.45, 7) is 9.55. The Morgan fingerprint density at radius 1 is 1.17 bits per heavy atom. The van der Waals surface area contributed by atoms with Crippen molar-refractivity contribution in [1.29, 1.82) is 0 Å². The Bertz CT molecular complexity index is 985. The molecule has 0 spiro atoms. The third-order valence-corrected chi connectivity index (χ3v) is 6.41. The third kappa shape index (κ3) is 3.88. The van der Waals surface area contributed by atoms with E-state index in [0.717, 1.165) is 35.6 Å². The molecule has 0 saturated carbocycles. The van der Waals surface area contributed by atoms with Crippen molar-refractivity contribution < 1.29 is 9.59 Å². The quantitative estimate of drug-likeness (QED) is 0.818. The number of anilines is 1. The fourth-order valence-corrected chi connectivity index (χ4v) is 4.75. The fraction of sp³-hybridized carbons (Fsp3) is 0.435. The van der Waals surface area contributed by atoms with Crippen molar-refractivity contribution in [3.8, 4) is 0 Å². The molecule has 2 aliphatic rings. The molecular weight excluding hydrogens is 400 g/mol. The first-order valence-corrected chi connectivity index (χ1v) is 10.8. The number of halogens is 1. The summed E-state index contributed by atoms with van der Waals surface area (Å²) in [5.74, 6) is 0.892. The van der Waals surface area contributed by atoms with Crippen LogP contribution in [0.1, 0.15) is 39.9 Å². The summed E-state index contributed by atoms with van der Waals surface area (Å²) >= 11 is 6.49. The molecule has 2 saturated heterocycles. The molecule has 2 aliphatic heterocycles. The van der Waals surface area contributed by atoms with Crippen molar-refractivity contribution in [2.75, 3.05) is 37.6 Å². The first-order valence-electron chi connectivity index (χ1n) is 10.4. The van der Waals surface area contributed by atoms with E-state index < -0.39 is 0 Å². The highest BCUT2D eigenvalue weighted by Gasteiger charge is 2.34. The Labute approximate surface area is 182 Å². The van der Waals surface area contributed by atoms with Gasteiger partial charge in [-0.3, -0.25) is 9.59 Å². The van der Waals surface area contributed by atoms with E-state index in [2.05, 4.69) is 28.2 Å². The standard InChI is InChI=1S/C23H27ClN4O2/c1-14-10-15(2)21(25-12-14)27-6-8-28(9-7-27)23(30)17-4-5-18(19(24)11-17)20-16(3)13-26-22(20)29/h4-5,10-12,16,20H,6-9,13H2,1-3H3,(H,26,29)/t16?,20-/m1/s1. The molecule has 1 aromatic carbocycles. The molecule has 4 rings (SSSR count). The number of aryl methyl sites for hydroxylation is 2. The van der Waals surface area contributed by atoms with Crippen LogP contribution in [0.15, 0.2) is 30.5 Å². The number of nitrogens with zero attached hydrogens (tertiary/aromatic N) is 3. The van der Waals surface area contributed by atoms with Crippen LogP contribution in [0.2, 0.25) is 5.02 Å². The van der Waals surface area contributed by atoms with Crippen molar-refractivity contribution in [1.82, 2.24) is 15.2 Å². The summed E-state index contributed by atoms with van der Waals surface area (Å²) in [5, 5.41) is 3.36. The molecule has 158 valence electrons. The van der Waals surface area contributed by atoms with Crippen LogP contribution in [-0.2, 0) is 4.79 Å². The molecule has 30 heavy (non-hydrogen) atoms. The molecule has 1 aromatic heterocycles. The van der Waals surface area contributed by atoms with Gasteiger partial charge in [0.2, 0.25) is 5.91 Å². The summed E-state index contributed by atoms with van der Waals surface area (Å²) in [6, 6.07) is 7.46. The SMILES string of the molecule is Cc1cnc(N2CCN(C(=O)c3ccc([C@@H]4C(=O)NCC4C)c(Cl)c3)CC2)c(C)c1. The number of rotatable bonds is 3. The van der Waals surface area contributed by atoms with Crippen LogP contribution in [0.5, 0.6) is 0 Å². The van der Waals surface area contributed by atoms with Gasteiger partial charge in [0.05, 0.1) is 5.92 Å². The van der Waals surface area contributed by atoms with Crippen molar-refractivity contribution in [2.24, 2.45) is 5.92 Å². The largest absolute Gasteiger partial charge is 0.355 e. The van der Waals surface area contributed by atoms with Crippen LogP contribution < -0.4 is 10.2 Å². The van der Waals surface area contributed by atoms with Crippen molar-refractivity contribution >= 4 is 29.2 Å². The summed E-state index contributed by atoms with van der Waals surface area (Å²) in [4.78, 5) is 33.8. The average molecular weight is 427 g/mol. The highest BCUT2D eigenvalue weighted by atomic mass is 35.5. The minimum absolute atomic E-state index is 0.000364. The lowest BCUT2D eigenvalue weighted by Crippen LogP contribution is -2.49. The van der Waals surface area contributed by atoms with Gasteiger partial charge >= 0.3 is 0 Å². The number of piperazine rings is 1. The number of aromatic nitrogens is 1. The van der Waals surface area contributed by atoms with Crippen LogP contribution >= 0.6 is 11.6 Å². The van der Waals surface area contributed by atoms with Crippen LogP contribution in [0.4, 0.5) is 5.82 Å². The molecule has 7 heteroatoms. The van der Waals surface area contributed by atoms with Gasteiger partial charge in [-0.05, 0) is 48.6 Å². The minimum atomic E-state index is -0.254. The predicted octanol–water partition coefficient (Wildman–Crippen LogP) is 3.16. The molecule has 0 aliphatic carbocycles. The predicted molar refractivity (Wildman–Crippen MR) is 118 cm³/mol. The molecular formula is C23H27ClN4O2. The summed E-state index contributed by atoms with van der Waals surface area (Å²) in [7, 11) is 0. The van der Waals surface area contributed by atoms with Gasteiger partial charge in [-0.25, -0.2) is 4.98 Å². The van der Waals surface area contributed by atoms with Gasteiger partial charge in [0.1, 0.15) is 5.82 Å². The monoisotopic (exact) mass is 426 g/mol. The zero-order chi connectivity index (χ0) is 21.4. The van der Waals surface area contributed by atoms with Crippen molar-refractivity contribution in [3.63, 3.8) is 0 Å². The van der Waals surface area contributed by atoms with Gasteiger partial charge in [0, 0.05) is 49.5 Å². The second kappa shape index (κ2) is 8.26. The second-order valence-corrected chi connectivity index (χ2v) is 8.78. The Morgan fingerprint density at radius 2 is 1.90 bits per heavy atom. The van der Waals surface area contributed by atoms with E-state index in [0.29, 0.717) is 30.2 Å². The number of amides is 2. The van der Waals surface area contributed by atoms with Gasteiger partial charge < -0.3 is 15.1 Å². The number of nitrogens with one attached hydrogen (secondary N) is 1. The summed E-state index contributed by atoms with van der Waals surface area (Å²) < 4.78 is 0. The summed E-state index contributed by atoms with van der Waals surface area (Å²) in [6.07, 6.45) is 1.88. The van der Waals surface area contributed by atoms with Gasteiger partial charge in [0.15, 0.2) is 0 Å². The van der Waals surface area contributed by atoms with Crippen molar-refractivity contribution in [3.05, 3.63) is 57.7 Å². The molecule has 2 fully saturated rings. The van der Waals surface area contributed by atoms with Crippen LogP contribution in [0, 0.1) is 19.8 Å². The van der Waals surface area contributed by atoms with Gasteiger partial charge in [-0.2, -0.15) is 0 Å². The van der Waals surface area contributed by atoms with E-state index in [9.17, 15) is 9.59 Å². The van der Waals surface area contributed by atoms with Crippen LogP contribution in [-0.4, -0.2) is 54.4 Å². The van der Waals surface area contributed by atoms with Crippen molar-refractivity contribution in [2.45, 2.75) is 26.7 Å². The maximum Gasteiger partial charge on any atom is 0.254 e. The number of hydrogen-bond acceptors (Lipinski definition) is 4. The van der Waals surface area contributed by atoms with Crippen LogP contribution in [0.3, 0.4) is 0 Å². The lowest BCUT2D eigenvalue weighted by atomic mass is 9.89. The lowest BCUT2D eigenvalue weighted by Gasteiger charge is -2.36. The molecule has 1 unspecified atom stereocenters. The number of benzene rings is 1. The van der Waals surface area contributed by atoms with E-state index in [1.54, 1.807) is 12.1 Å². The van der Waals surface area contributed by atoms with E-state index in [-0.39, 0.29) is 23.7 Å². The highest BCUT2D eigenvalue weighted by molar-refractivity contribution is 6.32. The smallest absolute Gasteiger partial charge is 0.254 e. The Hall–Kier alpha value is -2.60. The second-order valence-electron chi connectivity index (χ2n) is 8.37. The number of carbonyl (C=O) groups is 2. The Kier molecular flexibility index (Phi) is 5.69. The molecule has 3 heterocycles. The Morgan fingerprint density at radius 3 is 2.50 bits per heavy atom. The molecule has 2 atom stereocenters. The molecule has 1 N–H and O–H groups in total. The topological polar surface area (TPSA) is 65.5 Å². The Balaban J connectivity index is 1.44. The zero-order valence-electron chi connectivity index (χ0n) is 17.6. The minimum Gasteiger partial charge on any atom is -0.355 e. The molecule has 2 amide bonds. The summed E-state index contributed by atoms with van der Waals surface area (Å²) in [5.41, 5.74) is 3.66. The normalized spacial score (nSPS) is 21.7. The fourth-order valence-electron chi connectivity index (χ4n) is 4.45. The van der Waals surface area contributed by atoms with E-state index in [1.807, 2.05) is 31.0 Å². The lowest BCUT2D eigenvalue weighted by molar-refractivity contribution is -0.120. The first kappa shape index (κ1) is 20.7. The number of pyridine rings is 1. The highest BCUT2D eigenvalue weighted by Crippen LogP contribution is 2.34. The molecule has 0 radical (unpaired) electrons. The molecule has 2 aromatic rings. The average Bonchev–Trinajstić information content (AvgIpc) is 3.06.